The smallest absolute Gasteiger partial charge is 0.333 e. The molecule has 0 bridgehead atoms. The molecule has 0 saturated heterocycles. The Kier molecular flexibility index (Phi) is 6.32. The van der Waals surface area contributed by atoms with Crippen molar-refractivity contribution in [3.05, 3.63) is 0 Å². The summed E-state index contributed by atoms with van der Waals surface area (Å²) in [5, 5.41) is 0.903. The van der Waals surface area contributed by atoms with E-state index in [0.717, 1.165) is 0 Å². The van der Waals surface area contributed by atoms with Gasteiger partial charge in [-0.15, -0.1) is 0 Å². The summed E-state index contributed by atoms with van der Waals surface area (Å²) in [4.78, 5) is 0. The summed E-state index contributed by atoms with van der Waals surface area (Å²) in [5.74, 6) is 2.06. The van der Waals surface area contributed by atoms with Crippen LogP contribution in [0.25, 0.3) is 0 Å². The molecular weight excluding hydrogens is 360 g/mol. The Balaban J connectivity index is 2.28. The first-order chi connectivity index (χ1) is 11.6. The van der Waals surface area contributed by atoms with E-state index in [1.807, 2.05) is 0 Å². The highest BCUT2D eigenvalue weighted by Gasteiger charge is 2.28. The minimum absolute atomic E-state index is 0.221. The largest absolute Gasteiger partial charge is 0.489 e. The van der Waals surface area contributed by atoms with Crippen molar-refractivity contribution in [2.45, 2.75) is 10.2 Å². The summed E-state index contributed by atoms with van der Waals surface area (Å²) in [6.07, 6.45) is 0. The normalized spacial score (nSPS) is 10.4. The van der Waals surface area contributed by atoms with Crippen molar-refractivity contribution >= 4 is 21.6 Å². The Hall–Kier alpha value is -1.94. The first-order valence-corrected chi connectivity index (χ1v) is 8.72. The minimum Gasteiger partial charge on any atom is -0.489 e. The molecule has 0 unspecified atom stereocenters. The molecule has 0 aliphatic rings. The molecule has 0 atom stereocenters. The van der Waals surface area contributed by atoms with Gasteiger partial charge in [-0.1, -0.05) is 0 Å². The molecule has 0 fully saturated rings. The standard InChI is InChI=1S/C14H18O8S2/c1-15-7-9(17-3)13(21-11(7)19-5)23-24-14-10(18-4)8(16-2)12(20-6)22-14/h1-6H3. The van der Waals surface area contributed by atoms with Gasteiger partial charge in [-0.25, -0.2) is 0 Å². The maximum atomic E-state index is 5.59. The van der Waals surface area contributed by atoms with Gasteiger partial charge < -0.3 is 37.3 Å². The fourth-order valence-electron chi connectivity index (χ4n) is 1.88. The zero-order valence-corrected chi connectivity index (χ0v) is 15.7. The van der Waals surface area contributed by atoms with Gasteiger partial charge in [0.2, 0.25) is 33.2 Å². The van der Waals surface area contributed by atoms with Crippen LogP contribution in [0.5, 0.6) is 34.9 Å². The minimum atomic E-state index is 0.221. The lowest BCUT2D eigenvalue weighted by Gasteiger charge is -2.03. The molecule has 2 rings (SSSR count). The molecule has 0 aliphatic carbocycles. The fraction of sp³-hybridized carbons (Fsp3) is 0.429. The first-order valence-electron chi connectivity index (χ1n) is 6.57. The van der Waals surface area contributed by atoms with Crippen molar-refractivity contribution < 1.29 is 37.3 Å². The highest BCUT2D eigenvalue weighted by molar-refractivity contribution is 8.76. The lowest BCUT2D eigenvalue weighted by molar-refractivity contribution is 0.260. The van der Waals surface area contributed by atoms with Crippen LogP contribution >= 0.6 is 21.6 Å². The van der Waals surface area contributed by atoms with E-state index in [0.29, 0.717) is 33.2 Å². The number of rotatable bonds is 9. The van der Waals surface area contributed by atoms with E-state index < -0.39 is 0 Å². The quantitative estimate of drug-likeness (QED) is 0.602. The highest BCUT2D eigenvalue weighted by atomic mass is 33.1. The second-order valence-corrected chi connectivity index (χ2v) is 6.14. The molecule has 2 aromatic heterocycles. The number of furan rings is 2. The molecule has 134 valence electrons. The van der Waals surface area contributed by atoms with Gasteiger partial charge >= 0.3 is 11.9 Å². The Morgan fingerprint density at radius 1 is 0.500 bits per heavy atom. The molecule has 0 aromatic carbocycles. The van der Waals surface area contributed by atoms with Crippen molar-refractivity contribution in [2.75, 3.05) is 42.7 Å². The molecule has 2 aromatic rings. The third-order valence-electron chi connectivity index (χ3n) is 2.91. The third-order valence-corrected chi connectivity index (χ3v) is 4.99. The van der Waals surface area contributed by atoms with Gasteiger partial charge in [0.25, 0.3) is 0 Å². The van der Waals surface area contributed by atoms with Crippen LogP contribution < -0.4 is 28.4 Å². The van der Waals surface area contributed by atoms with Crippen molar-refractivity contribution in [2.24, 2.45) is 0 Å². The van der Waals surface area contributed by atoms with Crippen LogP contribution in [0, 0.1) is 0 Å². The van der Waals surface area contributed by atoms with Crippen molar-refractivity contribution in [3.63, 3.8) is 0 Å². The van der Waals surface area contributed by atoms with Crippen LogP contribution in [0.2, 0.25) is 0 Å². The van der Waals surface area contributed by atoms with Crippen molar-refractivity contribution in [3.8, 4) is 34.9 Å². The Morgan fingerprint density at radius 2 is 0.833 bits per heavy atom. The van der Waals surface area contributed by atoms with Crippen LogP contribution in [-0.2, 0) is 0 Å². The van der Waals surface area contributed by atoms with Crippen LogP contribution in [0.15, 0.2) is 19.0 Å². The van der Waals surface area contributed by atoms with E-state index in [2.05, 4.69) is 0 Å². The molecule has 0 aliphatic heterocycles. The van der Waals surface area contributed by atoms with Crippen LogP contribution in [0.1, 0.15) is 0 Å². The van der Waals surface area contributed by atoms with Gasteiger partial charge in [-0.2, -0.15) is 0 Å². The average Bonchev–Trinajstić information content (AvgIpc) is 3.15. The molecule has 0 N–H and O–H groups in total. The summed E-state index contributed by atoms with van der Waals surface area (Å²) < 4.78 is 42.6. The Bertz CT molecular complexity index is 621. The summed E-state index contributed by atoms with van der Waals surface area (Å²) in [7, 11) is 11.5. The molecular formula is C14H18O8S2. The highest BCUT2D eigenvalue weighted by Crippen LogP contribution is 2.56. The maximum absolute atomic E-state index is 5.59. The topological polar surface area (TPSA) is 81.7 Å². The van der Waals surface area contributed by atoms with E-state index in [1.54, 1.807) is 0 Å². The predicted molar refractivity (Wildman–Crippen MR) is 88.4 cm³/mol. The van der Waals surface area contributed by atoms with Gasteiger partial charge in [0, 0.05) is 0 Å². The number of ether oxygens (including phenoxy) is 6. The number of hydrogen-bond donors (Lipinski definition) is 0. The van der Waals surface area contributed by atoms with Gasteiger partial charge in [0.1, 0.15) is 0 Å². The maximum Gasteiger partial charge on any atom is 0.333 e. The lowest BCUT2D eigenvalue weighted by atomic mass is 10.5. The molecule has 0 amide bonds. The van der Waals surface area contributed by atoms with Crippen LogP contribution in [0.4, 0.5) is 0 Å². The van der Waals surface area contributed by atoms with Gasteiger partial charge in [-0.05, 0) is 21.6 Å². The summed E-state index contributed by atoms with van der Waals surface area (Å²) >= 11 is 0. The van der Waals surface area contributed by atoms with E-state index in [1.165, 1.54) is 64.2 Å². The second-order valence-electron chi connectivity index (χ2n) is 4.06. The molecule has 0 saturated carbocycles. The monoisotopic (exact) mass is 378 g/mol. The second kappa shape index (κ2) is 8.25. The first kappa shape index (κ1) is 18.4. The Labute approximate surface area is 147 Å². The van der Waals surface area contributed by atoms with Gasteiger partial charge in [0.15, 0.2) is 0 Å². The molecule has 8 nitrogen and oxygen atoms in total. The summed E-state index contributed by atoms with van der Waals surface area (Å²) in [5.41, 5.74) is 0. The number of hydrogen-bond acceptors (Lipinski definition) is 10. The van der Waals surface area contributed by atoms with E-state index in [9.17, 15) is 0 Å². The third kappa shape index (κ3) is 3.29. The summed E-state index contributed by atoms with van der Waals surface area (Å²) in [6, 6.07) is 0. The Morgan fingerprint density at radius 3 is 1.08 bits per heavy atom. The van der Waals surface area contributed by atoms with E-state index in [4.69, 9.17) is 37.3 Å². The van der Waals surface area contributed by atoms with Gasteiger partial charge in [-0.3, -0.25) is 0 Å². The van der Waals surface area contributed by atoms with E-state index in [-0.39, 0.29) is 11.9 Å². The van der Waals surface area contributed by atoms with Crippen molar-refractivity contribution in [1.82, 2.24) is 0 Å². The van der Waals surface area contributed by atoms with Crippen LogP contribution in [-0.4, -0.2) is 42.7 Å². The molecule has 2 heterocycles. The predicted octanol–water partition coefficient (Wildman–Crippen LogP) is 3.72. The van der Waals surface area contributed by atoms with Gasteiger partial charge in [0.05, 0.1) is 42.7 Å². The number of methoxy groups -OCH3 is 6. The molecule has 10 heteroatoms. The van der Waals surface area contributed by atoms with Crippen molar-refractivity contribution in [1.29, 1.82) is 0 Å². The molecule has 0 radical (unpaired) electrons. The fourth-order valence-corrected chi connectivity index (χ4v) is 3.87. The zero-order chi connectivity index (χ0) is 17.7. The van der Waals surface area contributed by atoms with Crippen LogP contribution in [0.3, 0.4) is 0 Å². The summed E-state index contributed by atoms with van der Waals surface area (Å²) in [6.45, 7) is 0. The lowest BCUT2D eigenvalue weighted by Crippen LogP contribution is -1.89. The SMILES string of the molecule is COc1oc(SSc2oc(OC)c(OC)c2OC)c(OC)c1OC. The molecule has 24 heavy (non-hydrogen) atoms. The molecule has 0 spiro atoms. The average molecular weight is 378 g/mol. The zero-order valence-electron chi connectivity index (χ0n) is 14.1. The van der Waals surface area contributed by atoms with E-state index >= 15 is 0 Å².